The van der Waals surface area contributed by atoms with Crippen molar-refractivity contribution >= 4 is 16.5 Å². The lowest BCUT2D eigenvalue weighted by Gasteiger charge is -2.08. The van der Waals surface area contributed by atoms with Crippen LogP contribution in [0.25, 0.3) is 0 Å². The Morgan fingerprint density at radius 1 is 1.50 bits per heavy atom. The molecular formula is C9H9F2NO5S. The van der Waals surface area contributed by atoms with Crippen LogP contribution in [0.15, 0.2) is 18.2 Å². The lowest BCUT2D eigenvalue weighted by atomic mass is 10.1. The SMILES string of the molecule is NC(Cc1ccc(OS(=O)(=O)F)c(F)c1)C(=O)O. The molecule has 0 fully saturated rings. The molecule has 0 radical (unpaired) electrons. The first-order valence-electron chi connectivity index (χ1n) is 4.60. The third-order valence-corrected chi connectivity index (χ3v) is 2.34. The molecule has 18 heavy (non-hydrogen) atoms. The minimum Gasteiger partial charge on any atom is -0.480 e. The second-order valence-electron chi connectivity index (χ2n) is 3.39. The molecule has 0 aliphatic heterocycles. The van der Waals surface area contributed by atoms with Crippen LogP contribution in [0, 0.1) is 5.82 Å². The maximum Gasteiger partial charge on any atom is 0.488 e. The van der Waals surface area contributed by atoms with Gasteiger partial charge in [-0.3, -0.25) is 4.79 Å². The third-order valence-electron chi connectivity index (χ3n) is 1.96. The average Bonchev–Trinajstić information content (AvgIpc) is 2.20. The highest BCUT2D eigenvalue weighted by atomic mass is 32.3. The van der Waals surface area contributed by atoms with E-state index >= 15 is 0 Å². The highest BCUT2D eigenvalue weighted by Crippen LogP contribution is 2.21. The van der Waals surface area contributed by atoms with E-state index in [1.807, 2.05) is 0 Å². The van der Waals surface area contributed by atoms with E-state index in [9.17, 15) is 21.5 Å². The molecule has 0 amide bonds. The van der Waals surface area contributed by atoms with Gasteiger partial charge in [0.1, 0.15) is 6.04 Å². The molecule has 0 spiro atoms. The number of carbonyl (C=O) groups is 1. The molecule has 0 aliphatic rings. The molecule has 1 aromatic carbocycles. The molecule has 0 saturated carbocycles. The van der Waals surface area contributed by atoms with Gasteiger partial charge in [-0.25, -0.2) is 4.39 Å². The van der Waals surface area contributed by atoms with E-state index in [2.05, 4.69) is 4.18 Å². The van der Waals surface area contributed by atoms with Crippen molar-refractivity contribution in [2.45, 2.75) is 12.5 Å². The number of hydrogen-bond donors (Lipinski definition) is 2. The Kier molecular flexibility index (Phi) is 4.19. The summed E-state index contributed by atoms with van der Waals surface area (Å²) in [5.74, 6) is -3.21. The van der Waals surface area contributed by atoms with Gasteiger partial charge in [0.15, 0.2) is 11.6 Å². The molecule has 6 nitrogen and oxygen atoms in total. The molecule has 1 atom stereocenters. The fourth-order valence-corrected chi connectivity index (χ4v) is 1.54. The van der Waals surface area contributed by atoms with Crippen LogP contribution in [0.3, 0.4) is 0 Å². The van der Waals surface area contributed by atoms with Crippen LogP contribution in [0.1, 0.15) is 5.56 Å². The van der Waals surface area contributed by atoms with E-state index in [4.69, 9.17) is 10.8 Å². The Morgan fingerprint density at radius 2 is 2.11 bits per heavy atom. The second-order valence-corrected chi connectivity index (χ2v) is 4.34. The first kappa shape index (κ1) is 14.3. The Bertz CT molecular complexity index is 560. The molecule has 1 rings (SSSR count). The molecule has 0 bridgehead atoms. The van der Waals surface area contributed by atoms with Crippen molar-refractivity contribution in [1.29, 1.82) is 0 Å². The molecule has 1 aromatic rings. The van der Waals surface area contributed by atoms with Crippen LogP contribution in [0.4, 0.5) is 8.28 Å². The van der Waals surface area contributed by atoms with Crippen molar-refractivity contribution in [3.63, 3.8) is 0 Å². The number of benzene rings is 1. The molecule has 100 valence electrons. The summed E-state index contributed by atoms with van der Waals surface area (Å²) < 4.78 is 49.5. The number of aliphatic carboxylic acids is 1. The quantitative estimate of drug-likeness (QED) is 0.755. The lowest BCUT2D eigenvalue weighted by molar-refractivity contribution is -0.138. The molecule has 0 saturated heterocycles. The van der Waals surface area contributed by atoms with E-state index in [1.54, 1.807) is 0 Å². The van der Waals surface area contributed by atoms with Crippen LogP contribution in [0.5, 0.6) is 5.75 Å². The van der Waals surface area contributed by atoms with Crippen molar-refractivity contribution in [3.05, 3.63) is 29.6 Å². The zero-order valence-corrected chi connectivity index (χ0v) is 9.65. The van der Waals surface area contributed by atoms with Crippen molar-refractivity contribution in [2.75, 3.05) is 0 Å². The number of carboxylic acid groups (broad SMARTS) is 1. The monoisotopic (exact) mass is 281 g/mol. The summed E-state index contributed by atoms with van der Waals surface area (Å²) in [5, 5.41) is 8.55. The van der Waals surface area contributed by atoms with Crippen LogP contribution in [0.2, 0.25) is 0 Å². The van der Waals surface area contributed by atoms with Gasteiger partial charge in [-0.2, -0.15) is 8.42 Å². The van der Waals surface area contributed by atoms with Gasteiger partial charge in [-0.15, -0.1) is 0 Å². The van der Waals surface area contributed by atoms with Gasteiger partial charge in [0.25, 0.3) is 0 Å². The van der Waals surface area contributed by atoms with E-state index in [1.165, 1.54) is 6.07 Å². The summed E-state index contributed by atoms with van der Waals surface area (Å²) in [5.41, 5.74) is 5.44. The number of carboxylic acids is 1. The smallest absolute Gasteiger partial charge is 0.480 e. The first-order chi connectivity index (χ1) is 8.19. The summed E-state index contributed by atoms with van der Waals surface area (Å²) in [4.78, 5) is 10.5. The van der Waals surface area contributed by atoms with E-state index < -0.39 is 34.1 Å². The Morgan fingerprint density at radius 3 is 2.56 bits per heavy atom. The van der Waals surface area contributed by atoms with Crippen LogP contribution in [-0.2, 0) is 21.7 Å². The summed E-state index contributed by atoms with van der Waals surface area (Å²) in [6.07, 6.45) is -0.158. The molecule has 1 unspecified atom stereocenters. The molecular weight excluding hydrogens is 272 g/mol. The van der Waals surface area contributed by atoms with E-state index in [-0.39, 0.29) is 12.0 Å². The zero-order chi connectivity index (χ0) is 13.9. The second kappa shape index (κ2) is 5.27. The number of halogens is 2. The van der Waals surface area contributed by atoms with Crippen molar-refractivity contribution in [3.8, 4) is 5.75 Å². The predicted molar refractivity (Wildman–Crippen MR) is 56.4 cm³/mol. The Labute approximate surface area is 101 Å². The fourth-order valence-electron chi connectivity index (χ4n) is 1.19. The Balaban J connectivity index is 2.89. The molecule has 9 heteroatoms. The van der Waals surface area contributed by atoms with Crippen LogP contribution >= 0.6 is 0 Å². The zero-order valence-electron chi connectivity index (χ0n) is 8.84. The predicted octanol–water partition coefficient (Wildman–Crippen LogP) is 0.373. The molecule has 3 N–H and O–H groups in total. The number of nitrogens with two attached hydrogens (primary N) is 1. The summed E-state index contributed by atoms with van der Waals surface area (Å²) in [7, 11) is -5.31. The summed E-state index contributed by atoms with van der Waals surface area (Å²) in [6.45, 7) is 0. The van der Waals surface area contributed by atoms with Gasteiger partial charge >= 0.3 is 16.5 Å². The van der Waals surface area contributed by atoms with Gasteiger partial charge in [0.2, 0.25) is 0 Å². The summed E-state index contributed by atoms with van der Waals surface area (Å²) in [6, 6.07) is 1.66. The maximum atomic E-state index is 13.3. The van der Waals surface area contributed by atoms with Crippen molar-refractivity contribution in [2.24, 2.45) is 5.73 Å². The largest absolute Gasteiger partial charge is 0.488 e. The first-order valence-corrected chi connectivity index (χ1v) is 5.91. The molecule has 0 aromatic heterocycles. The van der Waals surface area contributed by atoms with Gasteiger partial charge in [0, 0.05) is 0 Å². The van der Waals surface area contributed by atoms with Crippen LogP contribution in [-0.4, -0.2) is 25.5 Å². The highest BCUT2D eigenvalue weighted by Gasteiger charge is 2.16. The highest BCUT2D eigenvalue weighted by molar-refractivity contribution is 7.81. The van der Waals surface area contributed by atoms with E-state index in [0.717, 1.165) is 12.1 Å². The van der Waals surface area contributed by atoms with Crippen molar-refractivity contribution in [1.82, 2.24) is 0 Å². The van der Waals surface area contributed by atoms with Crippen molar-refractivity contribution < 1.29 is 30.8 Å². The topological polar surface area (TPSA) is 107 Å². The standard InChI is InChI=1S/C9H9F2NO5S/c10-6-3-5(4-7(12)9(13)14)1-2-8(6)17-18(11,15)16/h1-3,7H,4,12H2,(H,13,14). The third kappa shape index (κ3) is 4.26. The molecule has 0 heterocycles. The number of hydrogen-bond acceptors (Lipinski definition) is 5. The van der Waals surface area contributed by atoms with Gasteiger partial charge in [0.05, 0.1) is 0 Å². The van der Waals surface area contributed by atoms with E-state index in [0.29, 0.717) is 0 Å². The van der Waals surface area contributed by atoms with Crippen LogP contribution < -0.4 is 9.92 Å². The minimum absolute atomic E-state index is 0.158. The fraction of sp³-hybridized carbons (Fsp3) is 0.222. The maximum absolute atomic E-state index is 13.3. The summed E-state index contributed by atoms with van der Waals surface area (Å²) >= 11 is 0. The average molecular weight is 281 g/mol. The normalized spacial score (nSPS) is 13.1. The lowest BCUT2D eigenvalue weighted by Crippen LogP contribution is -2.32. The van der Waals surface area contributed by atoms with Gasteiger partial charge in [-0.05, 0) is 24.1 Å². The van der Waals surface area contributed by atoms with Gasteiger partial charge < -0.3 is 15.0 Å². The van der Waals surface area contributed by atoms with Gasteiger partial charge in [-0.1, -0.05) is 9.95 Å². The molecule has 0 aliphatic carbocycles. The number of rotatable bonds is 5. The Hall–Kier alpha value is -1.74. The minimum atomic E-state index is -5.31.